The molecular formula is C24H20N4O2. The number of carbonyl (C=O) groups is 2. The predicted molar refractivity (Wildman–Crippen MR) is 117 cm³/mol. The molecule has 6 nitrogen and oxygen atoms in total. The summed E-state index contributed by atoms with van der Waals surface area (Å²) in [6.07, 6.45) is 1.65. The Hall–Kier alpha value is -4.19. The zero-order valence-electron chi connectivity index (χ0n) is 16.2. The second kappa shape index (κ2) is 8.87. The molecule has 0 spiro atoms. The molecule has 0 saturated heterocycles. The summed E-state index contributed by atoms with van der Waals surface area (Å²) >= 11 is 0. The SMILES string of the molecule is O=C(Cn1ccc(NC(=O)c2ccccc2)n1)Nc1ccc(-c2ccccc2)cc1. The number of benzene rings is 3. The van der Waals surface area contributed by atoms with Crippen molar-refractivity contribution in [3.05, 3.63) is 103 Å². The highest BCUT2D eigenvalue weighted by Crippen LogP contribution is 2.21. The molecule has 0 aliphatic carbocycles. The van der Waals surface area contributed by atoms with E-state index in [0.29, 0.717) is 17.1 Å². The molecule has 0 fully saturated rings. The van der Waals surface area contributed by atoms with Crippen LogP contribution in [0.25, 0.3) is 11.1 Å². The van der Waals surface area contributed by atoms with Gasteiger partial charge < -0.3 is 10.6 Å². The van der Waals surface area contributed by atoms with Crippen molar-refractivity contribution in [1.82, 2.24) is 9.78 Å². The van der Waals surface area contributed by atoms with Crippen LogP contribution in [0.1, 0.15) is 10.4 Å². The number of amides is 2. The Labute approximate surface area is 174 Å². The molecule has 1 heterocycles. The summed E-state index contributed by atoms with van der Waals surface area (Å²) in [4.78, 5) is 24.5. The molecule has 1 aromatic heterocycles. The van der Waals surface area contributed by atoms with Gasteiger partial charge in [-0.1, -0.05) is 60.7 Å². The Balaban J connectivity index is 1.33. The first-order chi connectivity index (χ1) is 14.7. The number of hydrogen-bond acceptors (Lipinski definition) is 3. The van der Waals surface area contributed by atoms with E-state index in [2.05, 4.69) is 15.7 Å². The van der Waals surface area contributed by atoms with Crippen molar-refractivity contribution in [2.75, 3.05) is 10.6 Å². The van der Waals surface area contributed by atoms with Gasteiger partial charge in [0.25, 0.3) is 5.91 Å². The molecule has 0 radical (unpaired) electrons. The van der Waals surface area contributed by atoms with Gasteiger partial charge in [-0.15, -0.1) is 0 Å². The molecule has 0 aliphatic rings. The van der Waals surface area contributed by atoms with Gasteiger partial charge in [-0.3, -0.25) is 14.3 Å². The van der Waals surface area contributed by atoms with Crippen molar-refractivity contribution >= 4 is 23.3 Å². The molecule has 0 aliphatic heterocycles. The third-order valence-electron chi connectivity index (χ3n) is 4.50. The molecular weight excluding hydrogens is 376 g/mol. The molecule has 0 unspecified atom stereocenters. The second-order valence-corrected chi connectivity index (χ2v) is 6.71. The zero-order chi connectivity index (χ0) is 20.8. The maximum Gasteiger partial charge on any atom is 0.256 e. The Morgan fingerprint density at radius 2 is 1.37 bits per heavy atom. The van der Waals surface area contributed by atoms with Crippen LogP contribution in [0.2, 0.25) is 0 Å². The van der Waals surface area contributed by atoms with Crippen LogP contribution in [0.3, 0.4) is 0 Å². The van der Waals surface area contributed by atoms with E-state index in [1.165, 1.54) is 4.68 Å². The van der Waals surface area contributed by atoms with Gasteiger partial charge in [0, 0.05) is 23.5 Å². The van der Waals surface area contributed by atoms with Gasteiger partial charge in [-0.05, 0) is 35.4 Å². The standard InChI is InChI=1S/C24H20N4O2/c29-23(25-21-13-11-19(12-14-21)18-7-3-1-4-8-18)17-28-16-15-22(27-28)26-24(30)20-9-5-2-6-10-20/h1-16H,17H2,(H,25,29)(H,26,27,30). The summed E-state index contributed by atoms with van der Waals surface area (Å²) in [6.45, 7) is 0.0433. The van der Waals surface area contributed by atoms with E-state index >= 15 is 0 Å². The number of rotatable bonds is 6. The average Bonchev–Trinajstić information content (AvgIpc) is 3.22. The van der Waals surface area contributed by atoms with Crippen LogP contribution >= 0.6 is 0 Å². The summed E-state index contributed by atoms with van der Waals surface area (Å²) in [5.41, 5.74) is 3.46. The molecule has 4 aromatic rings. The summed E-state index contributed by atoms with van der Waals surface area (Å²) in [6, 6.07) is 28.3. The number of anilines is 2. The highest BCUT2D eigenvalue weighted by Gasteiger charge is 2.09. The van der Waals surface area contributed by atoms with Crippen molar-refractivity contribution in [2.24, 2.45) is 0 Å². The summed E-state index contributed by atoms with van der Waals surface area (Å²) < 4.78 is 1.48. The summed E-state index contributed by atoms with van der Waals surface area (Å²) in [7, 11) is 0. The summed E-state index contributed by atoms with van der Waals surface area (Å²) in [5.74, 6) is -0.0563. The fourth-order valence-electron chi connectivity index (χ4n) is 3.02. The van der Waals surface area contributed by atoms with Gasteiger partial charge in [-0.25, -0.2) is 0 Å². The Kier molecular flexibility index (Phi) is 5.66. The van der Waals surface area contributed by atoms with Gasteiger partial charge >= 0.3 is 0 Å². The van der Waals surface area contributed by atoms with Crippen LogP contribution in [0.5, 0.6) is 0 Å². The molecule has 0 saturated carbocycles. The van der Waals surface area contributed by atoms with Gasteiger partial charge in [0.2, 0.25) is 5.91 Å². The fraction of sp³-hybridized carbons (Fsp3) is 0.0417. The van der Waals surface area contributed by atoms with Gasteiger partial charge in [-0.2, -0.15) is 5.10 Å². The maximum absolute atomic E-state index is 12.3. The van der Waals surface area contributed by atoms with E-state index < -0.39 is 0 Å². The van der Waals surface area contributed by atoms with Crippen molar-refractivity contribution in [1.29, 1.82) is 0 Å². The van der Waals surface area contributed by atoms with Gasteiger partial charge in [0.15, 0.2) is 5.82 Å². The normalized spacial score (nSPS) is 10.4. The molecule has 148 valence electrons. The minimum Gasteiger partial charge on any atom is -0.324 e. The van der Waals surface area contributed by atoms with Crippen LogP contribution in [0, 0.1) is 0 Å². The van der Waals surface area contributed by atoms with E-state index in [1.54, 1.807) is 36.5 Å². The number of nitrogens with one attached hydrogen (secondary N) is 2. The van der Waals surface area contributed by atoms with Crippen LogP contribution in [0.4, 0.5) is 11.5 Å². The fourth-order valence-corrected chi connectivity index (χ4v) is 3.02. The zero-order valence-corrected chi connectivity index (χ0v) is 16.2. The molecule has 2 N–H and O–H groups in total. The third-order valence-corrected chi connectivity index (χ3v) is 4.50. The topological polar surface area (TPSA) is 76.0 Å². The molecule has 6 heteroatoms. The number of hydrogen-bond donors (Lipinski definition) is 2. The highest BCUT2D eigenvalue weighted by molar-refractivity contribution is 6.03. The Morgan fingerprint density at radius 1 is 0.733 bits per heavy atom. The molecule has 3 aromatic carbocycles. The first kappa shape index (κ1) is 19.1. The quantitative estimate of drug-likeness (QED) is 0.506. The van der Waals surface area contributed by atoms with Crippen LogP contribution in [-0.4, -0.2) is 21.6 Å². The van der Waals surface area contributed by atoms with E-state index in [4.69, 9.17) is 0 Å². The van der Waals surface area contributed by atoms with E-state index in [1.807, 2.05) is 60.7 Å². The Morgan fingerprint density at radius 3 is 2.07 bits per heavy atom. The van der Waals surface area contributed by atoms with Crippen molar-refractivity contribution in [3.63, 3.8) is 0 Å². The van der Waals surface area contributed by atoms with Crippen molar-refractivity contribution in [3.8, 4) is 11.1 Å². The lowest BCUT2D eigenvalue weighted by atomic mass is 10.1. The van der Waals surface area contributed by atoms with E-state index in [0.717, 1.165) is 11.1 Å². The third kappa shape index (κ3) is 4.80. The monoisotopic (exact) mass is 396 g/mol. The number of aromatic nitrogens is 2. The second-order valence-electron chi connectivity index (χ2n) is 6.71. The predicted octanol–water partition coefficient (Wildman–Crippen LogP) is 4.44. The molecule has 2 amide bonds. The summed E-state index contributed by atoms with van der Waals surface area (Å²) in [5, 5.41) is 9.81. The Bertz CT molecular complexity index is 1140. The van der Waals surface area contributed by atoms with Gasteiger partial charge in [0.1, 0.15) is 6.54 Å². The lowest BCUT2D eigenvalue weighted by molar-refractivity contribution is -0.116. The molecule has 30 heavy (non-hydrogen) atoms. The van der Waals surface area contributed by atoms with E-state index in [-0.39, 0.29) is 18.4 Å². The van der Waals surface area contributed by atoms with Crippen molar-refractivity contribution < 1.29 is 9.59 Å². The highest BCUT2D eigenvalue weighted by atomic mass is 16.2. The minimum absolute atomic E-state index is 0.0433. The first-order valence-corrected chi connectivity index (χ1v) is 9.52. The van der Waals surface area contributed by atoms with Crippen LogP contribution < -0.4 is 10.6 Å². The lowest BCUT2D eigenvalue weighted by Gasteiger charge is -2.07. The van der Waals surface area contributed by atoms with Crippen LogP contribution in [-0.2, 0) is 11.3 Å². The molecule has 0 bridgehead atoms. The van der Waals surface area contributed by atoms with Gasteiger partial charge in [0.05, 0.1) is 0 Å². The first-order valence-electron chi connectivity index (χ1n) is 9.52. The average molecular weight is 396 g/mol. The number of carbonyl (C=O) groups excluding carboxylic acids is 2. The smallest absolute Gasteiger partial charge is 0.256 e. The molecule has 0 atom stereocenters. The molecule has 4 rings (SSSR count). The van der Waals surface area contributed by atoms with Crippen molar-refractivity contribution in [2.45, 2.75) is 6.54 Å². The van der Waals surface area contributed by atoms with Crippen LogP contribution in [0.15, 0.2) is 97.2 Å². The van der Waals surface area contributed by atoms with E-state index in [9.17, 15) is 9.59 Å². The lowest BCUT2D eigenvalue weighted by Crippen LogP contribution is -2.19. The maximum atomic E-state index is 12.3. The largest absolute Gasteiger partial charge is 0.324 e. The minimum atomic E-state index is -0.246. The number of nitrogens with zero attached hydrogens (tertiary/aromatic N) is 2.